The van der Waals surface area contributed by atoms with E-state index in [1.54, 1.807) is 0 Å². The van der Waals surface area contributed by atoms with Crippen molar-refractivity contribution in [2.24, 2.45) is 4.76 Å². The van der Waals surface area contributed by atoms with Crippen LogP contribution in [0.4, 0.5) is 0 Å². The molecular formula is C7H17N2O2PS2. The average Bonchev–Trinajstić information content (AvgIpc) is 2.14. The summed E-state index contributed by atoms with van der Waals surface area (Å²) in [5.74, 6) is 0. The molecule has 0 amide bonds. The van der Waals surface area contributed by atoms with Crippen LogP contribution in [-0.2, 0) is 20.9 Å². The lowest BCUT2D eigenvalue weighted by molar-refractivity contribution is 0.296. The lowest BCUT2D eigenvalue weighted by Crippen LogP contribution is -2.18. The zero-order valence-electron chi connectivity index (χ0n) is 9.18. The minimum Gasteiger partial charge on any atom is -0.357 e. The highest BCUT2D eigenvalue weighted by atomic mass is 32.5. The summed E-state index contributed by atoms with van der Waals surface area (Å²) in [6.45, 7) is -0.0714. The Kier molecular flexibility index (Phi) is 6.99. The lowest BCUT2D eigenvalue weighted by Gasteiger charge is -2.19. The summed E-state index contributed by atoms with van der Waals surface area (Å²) >= 11 is 6.73. The Morgan fingerprint density at radius 3 is 2.43 bits per heavy atom. The Bertz CT molecular complexity index is 246. The van der Waals surface area contributed by atoms with Crippen molar-refractivity contribution < 1.29 is 9.05 Å². The van der Waals surface area contributed by atoms with Crippen molar-refractivity contribution in [3.8, 4) is 0 Å². The quantitative estimate of drug-likeness (QED) is 0.437. The van der Waals surface area contributed by atoms with Gasteiger partial charge in [-0.15, -0.1) is 0 Å². The van der Waals surface area contributed by atoms with Crippen molar-refractivity contribution in [1.82, 2.24) is 4.90 Å². The van der Waals surface area contributed by atoms with Gasteiger partial charge < -0.3 is 13.9 Å². The molecule has 0 spiro atoms. The zero-order valence-corrected chi connectivity index (χ0v) is 11.7. The molecule has 0 aliphatic rings. The first-order valence-corrected chi connectivity index (χ1v) is 7.92. The van der Waals surface area contributed by atoms with E-state index in [0.717, 1.165) is 5.17 Å². The van der Waals surface area contributed by atoms with E-state index in [1.165, 1.54) is 18.9 Å². The maximum Gasteiger partial charge on any atom is 0.311 e. The summed E-state index contributed by atoms with van der Waals surface area (Å²) < 4.78 is 14.8. The number of hydrogen-bond acceptors (Lipinski definition) is 4. The van der Waals surface area contributed by atoms with E-state index in [9.17, 15) is 0 Å². The van der Waals surface area contributed by atoms with Gasteiger partial charge in [-0.1, -0.05) is 11.8 Å². The molecule has 84 valence electrons. The fraction of sp³-hybridized carbons (Fsp3) is 0.857. The van der Waals surface area contributed by atoms with Crippen LogP contribution in [0.15, 0.2) is 4.76 Å². The summed E-state index contributed by atoms with van der Waals surface area (Å²) in [6.07, 6.45) is 1.94. The van der Waals surface area contributed by atoms with Crippen molar-refractivity contribution in [3.05, 3.63) is 0 Å². The van der Waals surface area contributed by atoms with Crippen molar-refractivity contribution >= 4 is 35.4 Å². The third-order valence-corrected chi connectivity index (χ3v) is 4.74. The Morgan fingerprint density at radius 1 is 1.57 bits per heavy atom. The Balaban J connectivity index is 4.77. The van der Waals surface area contributed by atoms with Gasteiger partial charge in [0.05, 0.1) is 6.61 Å². The Hall–Kier alpha value is 0.390. The number of amidine groups is 1. The topological polar surface area (TPSA) is 34.1 Å². The highest BCUT2D eigenvalue weighted by Gasteiger charge is 2.17. The van der Waals surface area contributed by atoms with Crippen LogP contribution in [0, 0.1) is 0 Å². The molecule has 0 saturated carbocycles. The molecule has 0 aromatic carbocycles. The van der Waals surface area contributed by atoms with E-state index in [-0.39, 0.29) is 0 Å². The summed E-state index contributed by atoms with van der Waals surface area (Å²) in [6, 6.07) is 0. The second-order valence-corrected chi connectivity index (χ2v) is 6.47. The van der Waals surface area contributed by atoms with Crippen LogP contribution in [0.3, 0.4) is 0 Å². The van der Waals surface area contributed by atoms with Crippen LogP contribution < -0.4 is 0 Å². The zero-order chi connectivity index (χ0) is 11.2. The molecule has 0 radical (unpaired) electrons. The third kappa shape index (κ3) is 4.75. The molecular weight excluding hydrogens is 239 g/mol. The fourth-order valence-electron chi connectivity index (χ4n) is 0.703. The molecule has 0 saturated heterocycles. The third-order valence-electron chi connectivity index (χ3n) is 1.30. The summed E-state index contributed by atoms with van der Waals surface area (Å²) in [5.41, 5.74) is 0. The predicted molar refractivity (Wildman–Crippen MR) is 67.6 cm³/mol. The first kappa shape index (κ1) is 14.4. The lowest BCUT2D eigenvalue weighted by atomic mass is 10.9. The van der Waals surface area contributed by atoms with E-state index < -0.39 is 6.64 Å². The smallest absolute Gasteiger partial charge is 0.311 e. The van der Waals surface area contributed by atoms with Crippen LogP contribution in [-0.4, -0.2) is 44.1 Å². The summed E-state index contributed by atoms with van der Waals surface area (Å²) in [7, 11) is 5.36. The molecule has 0 aromatic heterocycles. The van der Waals surface area contributed by atoms with E-state index in [0.29, 0.717) is 6.61 Å². The highest BCUT2D eigenvalue weighted by Crippen LogP contribution is 2.50. The highest BCUT2D eigenvalue weighted by molar-refractivity contribution is 8.14. The van der Waals surface area contributed by atoms with Gasteiger partial charge in [0.25, 0.3) is 0 Å². The van der Waals surface area contributed by atoms with Gasteiger partial charge >= 0.3 is 6.64 Å². The SMILES string of the molecule is CCOP(=S)(/N=C(\SC)N(C)C)OC. The second kappa shape index (κ2) is 6.80. The molecule has 4 nitrogen and oxygen atoms in total. The minimum atomic E-state index is -2.47. The van der Waals surface area contributed by atoms with Crippen LogP contribution in [0.2, 0.25) is 0 Å². The molecule has 0 N–H and O–H groups in total. The molecule has 0 bridgehead atoms. The van der Waals surface area contributed by atoms with Gasteiger partial charge in [0.2, 0.25) is 0 Å². The number of thioether (sulfide) groups is 1. The number of nitrogens with zero attached hydrogens (tertiary/aromatic N) is 2. The van der Waals surface area contributed by atoms with E-state index in [4.69, 9.17) is 20.9 Å². The fourth-order valence-corrected chi connectivity index (χ4v) is 3.38. The van der Waals surface area contributed by atoms with E-state index >= 15 is 0 Å². The normalized spacial score (nSPS) is 16.5. The molecule has 0 rings (SSSR count). The molecule has 0 heterocycles. The van der Waals surface area contributed by atoms with Gasteiger partial charge in [0.1, 0.15) is 0 Å². The molecule has 0 aliphatic carbocycles. The molecule has 7 heteroatoms. The van der Waals surface area contributed by atoms with Crippen LogP contribution in [0.25, 0.3) is 0 Å². The molecule has 0 aromatic rings. The van der Waals surface area contributed by atoms with Crippen molar-refractivity contribution in [3.63, 3.8) is 0 Å². The van der Waals surface area contributed by atoms with Gasteiger partial charge in [-0.25, -0.2) is 0 Å². The first-order chi connectivity index (χ1) is 6.49. The van der Waals surface area contributed by atoms with Crippen LogP contribution in [0.1, 0.15) is 6.92 Å². The van der Waals surface area contributed by atoms with Gasteiger partial charge in [0.15, 0.2) is 5.17 Å². The monoisotopic (exact) mass is 256 g/mol. The molecule has 0 fully saturated rings. The molecule has 0 aliphatic heterocycles. The minimum absolute atomic E-state index is 0.518. The van der Waals surface area contributed by atoms with E-state index in [2.05, 4.69) is 4.76 Å². The predicted octanol–water partition coefficient (Wildman–Crippen LogP) is 2.17. The Morgan fingerprint density at radius 2 is 2.14 bits per heavy atom. The molecule has 1 unspecified atom stereocenters. The first-order valence-electron chi connectivity index (χ1n) is 4.11. The molecule has 14 heavy (non-hydrogen) atoms. The maximum atomic E-state index is 5.34. The van der Waals surface area contributed by atoms with Crippen LogP contribution >= 0.6 is 18.4 Å². The standard InChI is InChI=1S/C7H17N2O2PS2/c1-6-11-12(13,10-4)8-7(14-5)9(2)3/h6H2,1-5H3/b8-7-. The van der Waals surface area contributed by atoms with E-state index in [1.807, 2.05) is 32.2 Å². The maximum absolute atomic E-state index is 5.34. The second-order valence-electron chi connectivity index (χ2n) is 2.55. The summed E-state index contributed by atoms with van der Waals surface area (Å²) in [4.78, 5) is 1.89. The van der Waals surface area contributed by atoms with Gasteiger partial charge in [-0.2, -0.15) is 4.76 Å². The molecule has 1 atom stereocenters. The van der Waals surface area contributed by atoms with Crippen molar-refractivity contribution in [1.29, 1.82) is 0 Å². The van der Waals surface area contributed by atoms with Crippen molar-refractivity contribution in [2.75, 3.05) is 34.1 Å². The Labute approximate surface area is 95.3 Å². The largest absolute Gasteiger partial charge is 0.357 e. The number of rotatable bonds is 4. The average molecular weight is 256 g/mol. The number of hydrogen-bond donors (Lipinski definition) is 0. The summed E-state index contributed by atoms with van der Waals surface area (Å²) in [5, 5.41) is 0.823. The van der Waals surface area contributed by atoms with Gasteiger partial charge in [-0.3, -0.25) is 0 Å². The van der Waals surface area contributed by atoms with Gasteiger partial charge in [0, 0.05) is 21.2 Å². The van der Waals surface area contributed by atoms with Crippen LogP contribution in [0.5, 0.6) is 0 Å². The van der Waals surface area contributed by atoms with Crippen molar-refractivity contribution in [2.45, 2.75) is 6.92 Å². The van der Waals surface area contributed by atoms with Gasteiger partial charge in [-0.05, 0) is 25.0 Å².